The van der Waals surface area contributed by atoms with Crippen molar-refractivity contribution in [1.29, 1.82) is 0 Å². The molecule has 0 amide bonds. The summed E-state index contributed by atoms with van der Waals surface area (Å²) in [6, 6.07) is 3.39. The fourth-order valence-corrected chi connectivity index (χ4v) is 2.30. The van der Waals surface area contributed by atoms with Gasteiger partial charge in [-0.1, -0.05) is 6.92 Å². The summed E-state index contributed by atoms with van der Waals surface area (Å²) < 4.78 is 24.7. The largest absolute Gasteiger partial charge is 0.508 e. The van der Waals surface area contributed by atoms with Crippen molar-refractivity contribution in [1.82, 2.24) is 4.31 Å². The fraction of sp³-hybridized carbons (Fsp3) is 0.333. The predicted octanol–water partition coefficient (Wildman–Crippen LogP) is 0.738. The number of rotatable bonds is 3. The Balaban J connectivity index is 3.28. The molecule has 0 saturated carbocycles. The molecule has 0 bridgehead atoms. The molecule has 0 radical (unpaired) electrons. The third-order valence-corrected chi connectivity index (χ3v) is 4.06. The zero-order valence-corrected chi connectivity index (χ0v) is 9.32. The van der Waals surface area contributed by atoms with Crippen LogP contribution in [-0.4, -0.2) is 36.5 Å². The first-order chi connectivity index (χ1) is 6.89. The quantitative estimate of drug-likeness (QED) is 0.804. The zero-order valence-electron chi connectivity index (χ0n) is 8.51. The van der Waals surface area contributed by atoms with Crippen LogP contribution in [0, 0.1) is 0 Å². The van der Waals surface area contributed by atoms with Gasteiger partial charge in [-0.3, -0.25) is 0 Å². The minimum atomic E-state index is -3.66. The summed E-state index contributed by atoms with van der Waals surface area (Å²) in [6.07, 6.45) is 0. The average molecular weight is 231 g/mol. The summed E-state index contributed by atoms with van der Waals surface area (Å²) in [5.41, 5.74) is 0. The van der Waals surface area contributed by atoms with Gasteiger partial charge in [0.25, 0.3) is 0 Å². The molecule has 1 aromatic carbocycles. The van der Waals surface area contributed by atoms with Crippen LogP contribution in [0.25, 0.3) is 0 Å². The van der Waals surface area contributed by atoms with Crippen molar-refractivity contribution in [3.05, 3.63) is 18.2 Å². The number of sulfonamides is 1. The van der Waals surface area contributed by atoms with Gasteiger partial charge in [0.15, 0.2) is 0 Å². The molecule has 0 heterocycles. The molecular weight excluding hydrogens is 218 g/mol. The van der Waals surface area contributed by atoms with E-state index in [9.17, 15) is 13.5 Å². The van der Waals surface area contributed by atoms with Gasteiger partial charge in [-0.25, -0.2) is 12.7 Å². The van der Waals surface area contributed by atoms with Gasteiger partial charge in [0.05, 0.1) is 0 Å². The summed E-state index contributed by atoms with van der Waals surface area (Å²) in [4.78, 5) is -0.204. The van der Waals surface area contributed by atoms with E-state index < -0.39 is 15.8 Å². The van der Waals surface area contributed by atoms with E-state index in [4.69, 9.17) is 5.11 Å². The second-order valence-corrected chi connectivity index (χ2v) is 5.08. The lowest BCUT2D eigenvalue weighted by atomic mass is 10.3. The molecule has 0 fully saturated rings. The maximum atomic E-state index is 11.8. The number of benzene rings is 1. The monoisotopic (exact) mass is 231 g/mol. The van der Waals surface area contributed by atoms with Gasteiger partial charge < -0.3 is 10.2 Å². The van der Waals surface area contributed by atoms with Crippen LogP contribution in [0.15, 0.2) is 23.1 Å². The van der Waals surface area contributed by atoms with Gasteiger partial charge in [-0.15, -0.1) is 0 Å². The summed E-state index contributed by atoms with van der Waals surface area (Å²) in [7, 11) is -2.25. The Labute approximate surface area is 88.6 Å². The number of hydrogen-bond acceptors (Lipinski definition) is 4. The topological polar surface area (TPSA) is 77.8 Å². The van der Waals surface area contributed by atoms with Gasteiger partial charge >= 0.3 is 0 Å². The summed E-state index contributed by atoms with van der Waals surface area (Å²) >= 11 is 0. The Morgan fingerprint density at radius 2 is 1.93 bits per heavy atom. The van der Waals surface area contributed by atoms with Gasteiger partial charge in [-0.05, 0) is 12.1 Å². The van der Waals surface area contributed by atoms with Gasteiger partial charge in [0.1, 0.15) is 16.4 Å². The molecule has 5 nitrogen and oxygen atoms in total. The van der Waals surface area contributed by atoms with E-state index in [1.54, 1.807) is 6.92 Å². The zero-order chi connectivity index (χ0) is 11.6. The van der Waals surface area contributed by atoms with E-state index in [0.29, 0.717) is 6.54 Å². The number of phenolic OH excluding ortho intramolecular Hbond substituents is 2. The van der Waals surface area contributed by atoms with E-state index in [0.717, 1.165) is 10.4 Å². The molecule has 0 aliphatic carbocycles. The molecule has 6 heteroatoms. The smallest absolute Gasteiger partial charge is 0.246 e. The van der Waals surface area contributed by atoms with Crippen LogP contribution in [0.3, 0.4) is 0 Å². The van der Waals surface area contributed by atoms with E-state index >= 15 is 0 Å². The lowest BCUT2D eigenvalue weighted by Gasteiger charge is -2.15. The van der Waals surface area contributed by atoms with E-state index in [2.05, 4.69) is 0 Å². The summed E-state index contributed by atoms with van der Waals surface area (Å²) in [6.45, 7) is 2.00. The van der Waals surface area contributed by atoms with Crippen LogP contribution in [0.1, 0.15) is 6.92 Å². The normalized spacial score (nSPS) is 11.9. The van der Waals surface area contributed by atoms with Crippen molar-refractivity contribution in [3.63, 3.8) is 0 Å². The minimum absolute atomic E-state index is 0.175. The molecule has 0 spiro atoms. The number of nitrogens with zero attached hydrogens (tertiary/aromatic N) is 1. The Morgan fingerprint density at radius 3 is 2.40 bits per heavy atom. The molecule has 2 N–H and O–H groups in total. The first-order valence-electron chi connectivity index (χ1n) is 4.38. The number of phenols is 2. The van der Waals surface area contributed by atoms with Crippen LogP contribution >= 0.6 is 0 Å². The highest BCUT2D eigenvalue weighted by molar-refractivity contribution is 7.89. The van der Waals surface area contributed by atoms with Crippen molar-refractivity contribution < 1.29 is 18.6 Å². The molecule has 84 valence electrons. The van der Waals surface area contributed by atoms with Crippen LogP contribution in [0.4, 0.5) is 0 Å². The third kappa shape index (κ3) is 2.21. The Kier molecular flexibility index (Phi) is 3.21. The second kappa shape index (κ2) is 4.08. The van der Waals surface area contributed by atoms with Gasteiger partial charge in [0.2, 0.25) is 10.0 Å². The molecule has 1 rings (SSSR count). The van der Waals surface area contributed by atoms with Crippen LogP contribution in [-0.2, 0) is 10.0 Å². The van der Waals surface area contributed by atoms with Crippen LogP contribution < -0.4 is 0 Å². The highest BCUT2D eigenvalue weighted by atomic mass is 32.2. The number of aromatic hydroxyl groups is 2. The highest BCUT2D eigenvalue weighted by Crippen LogP contribution is 2.28. The highest BCUT2D eigenvalue weighted by Gasteiger charge is 2.22. The maximum Gasteiger partial charge on any atom is 0.246 e. The average Bonchev–Trinajstić information content (AvgIpc) is 2.15. The molecule has 0 aliphatic heterocycles. The van der Waals surface area contributed by atoms with Crippen molar-refractivity contribution in [2.75, 3.05) is 13.6 Å². The van der Waals surface area contributed by atoms with Crippen LogP contribution in [0.5, 0.6) is 11.5 Å². The van der Waals surface area contributed by atoms with Crippen LogP contribution in [0.2, 0.25) is 0 Å². The Morgan fingerprint density at radius 1 is 1.33 bits per heavy atom. The van der Waals surface area contributed by atoms with Crippen molar-refractivity contribution in [3.8, 4) is 11.5 Å². The molecule has 1 aromatic rings. The van der Waals surface area contributed by atoms with E-state index in [1.807, 2.05) is 0 Å². The van der Waals surface area contributed by atoms with Gasteiger partial charge in [0, 0.05) is 19.7 Å². The molecule has 0 unspecified atom stereocenters. The third-order valence-electron chi connectivity index (χ3n) is 2.08. The molecule has 0 saturated heterocycles. The predicted molar refractivity (Wildman–Crippen MR) is 55.3 cm³/mol. The van der Waals surface area contributed by atoms with Crippen molar-refractivity contribution in [2.24, 2.45) is 0 Å². The molecule has 0 aliphatic rings. The number of hydrogen-bond donors (Lipinski definition) is 2. The minimum Gasteiger partial charge on any atom is -0.508 e. The molecular formula is C9H13NO4S. The lowest BCUT2D eigenvalue weighted by molar-refractivity contribution is 0.433. The van der Waals surface area contributed by atoms with E-state index in [1.165, 1.54) is 19.2 Å². The van der Waals surface area contributed by atoms with Gasteiger partial charge in [-0.2, -0.15) is 0 Å². The molecule has 0 atom stereocenters. The second-order valence-electron chi connectivity index (χ2n) is 3.07. The summed E-state index contributed by atoms with van der Waals surface area (Å²) in [5.74, 6) is -0.624. The Bertz CT molecular complexity index is 455. The first-order valence-corrected chi connectivity index (χ1v) is 5.82. The van der Waals surface area contributed by atoms with E-state index in [-0.39, 0.29) is 10.6 Å². The lowest BCUT2D eigenvalue weighted by Crippen LogP contribution is -2.26. The maximum absolute atomic E-state index is 11.8. The van der Waals surface area contributed by atoms with Crippen molar-refractivity contribution >= 4 is 10.0 Å². The standard InChI is InChI=1S/C9H13NO4S/c1-3-10(2)15(13,14)9-5-4-7(11)6-8(9)12/h4-6,11-12H,3H2,1-2H3. The first kappa shape index (κ1) is 11.8. The van der Waals surface area contributed by atoms with Crippen molar-refractivity contribution in [2.45, 2.75) is 11.8 Å². The summed E-state index contributed by atoms with van der Waals surface area (Å²) in [5, 5.41) is 18.4. The molecule has 0 aromatic heterocycles. The molecule has 15 heavy (non-hydrogen) atoms. The fourth-order valence-electron chi connectivity index (χ4n) is 1.06. The SMILES string of the molecule is CCN(C)S(=O)(=O)c1ccc(O)cc1O. The Hall–Kier alpha value is -1.27.